The predicted molar refractivity (Wildman–Crippen MR) is 25.8 cm³/mol. The molecule has 0 aromatic heterocycles. The first-order chi connectivity index (χ1) is 3.68. The predicted octanol–water partition coefficient (Wildman–Crippen LogP) is -0.714. The molecule has 3 heteroatoms. The lowest BCUT2D eigenvalue weighted by molar-refractivity contribution is -0.303. The molecule has 0 unspecified atom stereocenters. The van der Waals surface area contributed by atoms with Crippen molar-refractivity contribution in [3.05, 3.63) is 12.3 Å². The number of carboxylic acids is 1. The number of carboxylic acid groups (broad SMARTS) is 1. The van der Waals surface area contributed by atoms with E-state index in [-0.39, 0.29) is 5.76 Å². The molecule has 0 N–H and O–H groups in total. The highest BCUT2D eigenvalue weighted by molar-refractivity contribution is 5.81. The summed E-state index contributed by atoms with van der Waals surface area (Å²) in [7, 11) is 0. The smallest absolute Gasteiger partial charge is 0.134 e. The molecule has 46 valence electrons. The summed E-state index contributed by atoms with van der Waals surface area (Å²) in [4.78, 5) is 9.75. The van der Waals surface area contributed by atoms with E-state index in [9.17, 15) is 9.90 Å². The number of aliphatic carboxylic acids is 1. The van der Waals surface area contributed by atoms with Crippen LogP contribution in [0.25, 0.3) is 0 Å². The van der Waals surface area contributed by atoms with Gasteiger partial charge in [-0.05, 0) is 6.92 Å². The molecule has 0 rings (SSSR count). The molecule has 3 nitrogen and oxygen atoms in total. The van der Waals surface area contributed by atoms with Crippen molar-refractivity contribution >= 4 is 5.97 Å². The van der Waals surface area contributed by atoms with Gasteiger partial charge in [0, 0.05) is 0 Å². The Labute approximate surface area is 47.6 Å². The number of hydrogen-bond donors (Lipinski definition) is 0. The molecule has 0 heterocycles. The van der Waals surface area contributed by atoms with Crippen molar-refractivity contribution < 1.29 is 14.6 Å². The Morgan fingerprint density at radius 1 is 1.88 bits per heavy atom. The van der Waals surface area contributed by atoms with E-state index in [1.807, 2.05) is 0 Å². The van der Waals surface area contributed by atoms with Crippen LogP contribution in [0.5, 0.6) is 0 Å². The Balaban J connectivity index is 3.49. The van der Waals surface area contributed by atoms with Crippen LogP contribution in [-0.4, -0.2) is 12.6 Å². The van der Waals surface area contributed by atoms with Crippen LogP contribution in [0.15, 0.2) is 12.3 Å². The summed E-state index contributed by atoms with van der Waals surface area (Å²) in [6.45, 7) is 5.05. The van der Waals surface area contributed by atoms with Gasteiger partial charge in [-0.2, -0.15) is 0 Å². The Morgan fingerprint density at radius 2 is 2.38 bits per heavy atom. The highest BCUT2D eigenvalue weighted by Crippen LogP contribution is 1.87. The monoisotopic (exact) mass is 115 g/mol. The van der Waals surface area contributed by atoms with E-state index in [2.05, 4.69) is 11.3 Å². The first-order valence-electron chi connectivity index (χ1n) is 2.21. The minimum atomic E-state index is -1.35. The summed E-state index contributed by atoms with van der Waals surface area (Å²) < 4.78 is 4.45. The molecule has 0 atom stereocenters. The van der Waals surface area contributed by atoms with Crippen molar-refractivity contribution in [3.63, 3.8) is 0 Å². The fourth-order valence-corrected chi connectivity index (χ4v) is 0.233. The molecular weight excluding hydrogens is 108 g/mol. The van der Waals surface area contributed by atoms with Crippen molar-refractivity contribution in [1.82, 2.24) is 0 Å². The molecule has 0 saturated carbocycles. The molecule has 0 amide bonds. The first kappa shape index (κ1) is 7.01. The van der Waals surface area contributed by atoms with E-state index in [1.54, 1.807) is 6.92 Å². The third-order valence-electron chi connectivity index (χ3n) is 0.546. The second kappa shape index (κ2) is 3.07. The lowest BCUT2D eigenvalue weighted by Crippen LogP contribution is -2.25. The van der Waals surface area contributed by atoms with Gasteiger partial charge in [0.2, 0.25) is 0 Å². The van der Waals surface area contributed by atoms with Crippen LogP contribution in [0.1, 0.15) is 6.92 Å². The van der Waals surface area contributed by atoms with E-state index in [0.29, 0.717) is 6.61 Å². The van der Waals surface area contributed by atoms with E-state index >= 15 is 0 Å². The fourth-order valence-electron chi connectivity index (χ4n) is 0.233. The Bertz CT molecular complexity index is 106. The average Bonchev–Trinajstić information content (AvgIpc) is 1.67. The van der Waals surface area contributed by atoms with Gasteiger partial charge >= 0.3 is 0 Å². The number of ether oxygens (including phenoxy) is 1. The summed E-state index contributed by atoms with van der Waals surface area (Å²) >= 11 is 0. The SMILES string of the molecule is C=C(OCC)C(=O)[O-]. The number of hydrogen-bond acceptors (Lipinski definition) is 3. The molecule has 0 aliphatic rings. The Hall–Kier alpha value is -0.990. The van der Waals surface area contributed by atoms with Crippen LogP contribution in [0.4, 0.5) is 0 Å². The van der Waals surface area contributed by atoms with Gasteiger partial charge in [-0.25, -0.2) is 0 Å². The Morgan fingerprint density at radius 3 is 2.50 bits per heavy atom. The highest BCUT2D eigenvalue weighted by atomic mass is 16.5. The van der Waals surface area contributed by atoms with E-state index in [1.165, 1.54) is 0 Å². The molecule has 0 bridgehead atoms. The lowest BCUT2D eigenvalue weighted by Gasteiger charge is -2.04. The summed E-state index contributed by atoms with van der Waals surface area (Å²) in [5.74, 6) is -1.67. The zero-order valence-corrected chi connectivity index (χ0v) is 4.64. The standard InChI is InChI=1S/C5H8O3/c1-3-8-4(2)5(6)7/h2-3H2,1H3,(H,6,7)/p-1. The fraction of sp³-hybridized carbons (Fsp3) is 0.400. The summed E-state index contributed by atoms with van der Waals surface area (Å²) in [6.07, 6.45) is 0. The van der Waals surface area contributed by atoms with Gasteiger partial charge in [-0.15, -0.1) is 0 Å². The first-order valence-corrected chi connectivity index (χ1v) is 2.21. The van der Waals surface area contributed by atoms with Crippen LogP contribution in [0.3, 0.4) is 0 Å². The van der Waals surface area contributed by atoms with Gasteiger partial charge in [0.15, 0.2) is 0 Å². The van der Waals surface area contributed by atoms with E-state index < -0.39 is 5.97 Å². The van der Waals surface area contributed by atoms with Gasteiger partial charge in [-0.3, -0.25) is 0 Å². The minimum Gasteiger partial charge on any atom is -0.542 e. The maximum absolute atomic E-state index is 9.75. The van der Waals surface area contributed by atoms with E-state index in [4.69, 9.17) is 0 Å². The second-order valence-corrected chi connectivity index (χ2v) is 1.14. The van der Waals surface area contributed by atoms with Gasteiger partial charge < -0.3 is 14.6 Å². The largest absolute Gasteiger partial charge is 0.542 e. The van der Waals surface area contributed by atoms with Crippen LogP contribution in [-0.2, 0) is 9.53 Å². The average molecular weight is 115 g/mol. The van der Waals surface area contributed by atoms with Gasteiger partial charge in [0.1, 0.15) is 11.7 Å². The maximum Gasteiger partial charge on any atom is 0.134 e. The lowest BCUT2D eigenvalue weighted by atomic mass is 10.6. The van der Waals surface area contributed by atoms with Crippen LogP contribution in [0, 0.1) is 0 Å². The van der Waals surface area contributed by atoms with Crippen molar-refractivity contribution in [2.75, 3.05) is 6.61 Å². The van der Waals surface area contributed by atoms with Crippen molar-refractivity contribution in [1.29, 1.82) is 0 Å². The van der Waals surface area contributed by atoms with Crippen LogP contribution in [0.2, 0.25) is 0 Å². The molecule has 0 saturated heterocycles. The van der Waals surface area contributed by atoms with Crippen molar-refractivity contribution in [2.45, 2.75) is 6.92 Å². The maximum atomic E-state index is 9.75. The zero-order valence-electron chi connectivity index (χ0n) is 4.64. The summed E-state index contributed by atoms with van der Waals surface area (Å²) in [5.41, 5.74) is 0. The Kier molecular flexibility index (Phi) is 2.69. The molecular formula is C5H7O3-. The topological polar surface area (TPSA) is 49.4 Å². The normalized spacial score (nSPS) is 8.12. The number of rotatable bonds is 3. The minimum absolute atomic E-state index is 0.312. The number of carbonyl (C=O) groups excluding carboxylic acids is 1. The molecule has 0 aliphatic carbocycles. The third-order valence-corrected chi connectivity index (χ3v) is 0.546. The third kappa shape index (κ3) is 2.23. The molecule has 0 aliphatic heterocycles. The molecule has 0 radical (unpaired) electrons. The van der Waals surface area contributed by atoms with Crippen LogP contribution >= 0.6 is 0 Å². The van der Waals surface area contributed by atoms with Gasteiger partial charge in [0.05, 0.1) is 6.61 Å². The van der Waals surface area contributed by atoms with Crippen molar-refractivity contribution in [2.24, 2.45) is 0 Å². The summed E-state index contributed by atoms with van der Waals surface area (Å²) in [5, 5.41) is 9.75. The number of carbonyl (C=O) groups is 1. The second-order valence-electron chi connectivity index (χ2n) is 1.14. The molecule has 8 heavy (non-hydrogen) atoms. The van der Waals surface area contributed by atoms with Gasteiger partial charge in [0.25, 0.3) is 0 Å². The molecule has 0 spiro atoms. The summed E-state index contributed by atoms with van der Waals surface area (Å²) in [6, 6.07) is 0. The molecule has 0 fully saturated rings. The van der Waals surface area contributed by atoms with E-state index in [0.717, 1.165) is 0 Å². The van der Waals surface area contributed by atoms with Gasteiger partial charge in [-0.1, -0.05) is 6.58 Å². The molecule has 0 aromatic carbocycles. The molecule has 0 aromatic rings. The van der Waals surface area contributed by atoms with Crippen molar-refractivity contribution in [3.8, 4) is 0 Å². The zero-order chi connectivity index (χ0) is 6.57. The quantitative estimate of drug-likeness (QED) is 0.360. The van der Waals surface area contributed by atoms with Crippen LogP contribution < -0.4 is 5.11 Å². The highest BCUT2D eigenvalue weighted by Gasteiger charge is 1.89.